The average Bonchev–Trinajstić information content (AvgIpc) is 1.19. The van der Waals surface area contributed by atoms with E-state index in [9.17, 15) is 0 Å². The van der Waals surface area contributed by atoms with Crippen molar-refractivity contribution in [1.82, 2.24) is 0 Å². The van der Waals surface area contributed by atoms with E-state index in [1.807, 2.05) is 0 Å². The average molecular weight is 240 g/mol. The van der Waals surface area contributed by atoms with Crippen molar-refractivity contribution in [3.05, 3.63) is 0 Å². The van der Waals surface area contributed by atoms with Gasteiger partial charge in [0.05, 0.1) is 11.4 Å². The molecule has 0 aromatic heterocycles. The molecule has 11 heteroatoms. The molecule has 0 saturated heterocycles. The minimum absolute atomic E-state index is 0. The van der Waals surface area contributed by atoms with E-state index in [0.717, 1.165) is 0 Å². The van der Waals surface area contributed by atoms with Crippen molar-refractivity contribution in [2.45, 2.75) is 0 Å². The zero-order valence-electron chi connectivity index (χ0n) is 5.83. The van der Waals surface area contributed by atoms with Crippen LogP contribution in [-0.4, -0.2) is 23.1 Å². The Kier molecular flexibility index (Phi) is 27.4. The Morgan fingerprint density at radius 2 is 1.36 bits per heavy atom. The summed E-state index contributed by atoms with van der Waals surface area (Å²) in [6.45, 7) is 0. The Labute approximate surface area is 130 Å². The second-order valence-electron chi connectivity index (χ2n) is 0.708. The van der Waals surface area contributed by atoms with E-state index in [2.05, 4.69) is 0 Å². The quantitative estimate of drug-likeness (QED) is 0.217. The van der Waals surface area contributed by atoms with Gasteiger partial charge in [0.2, 0.25) is 0 Å². The van der Waals surface area contributed by atoms with Crippen molar-refractivity contribution in [3.63, 3.8) is 0 Å². The number of hydrogen-bond acceptors (Lipinski definition) is 4. The van der Waals surface area contributed by atoms with Crippen LogP contribution in [0, 0.1) is 0 Å². The predicted molar refractivity (Wildman–Crippen MR) is 23.6 cm³/mol. The molecule has 0 aliphatic carbocycles. The molecule has 0 aromatic carbocycles. The van der Waals surface area contributed by atoms with Gasteiger partial charge < -0.3 is 23.8 Å². The molecule has 3 N–H and O–H groups in total. The normalized spacial score (nSPS) is 11.0. The van der Waals surface area contributed by atoms with E-state index in [1.165, 1.54) is 0 Å². The monoisotopic (exact) mass is 240 g/mol. The topological polar surface area (TPSA) is 141 Å². The van der Waals surface area contributed by atoms with Crippen LogP contribution < -0.4 is 85.8 Å². The summed E-state index contributed by atoms with van der Waals surface area (Å²) in [6.07, 6.45) is 0. The fraction of sp³-hybridized carbons (Fsp3) is 0. The zero-order valence-corrected chi connectivity index (χ0v) is 12.7. The van der Waals surface area contributed by atoms with Crippen molar-refractivity contribution in [1.29, 1.82) is 0 Å². The van der Waals surface area contributed by atoms with Gasteiger partial charge in [-0.05, 0) is 0 Å². The molecule has 1 atom stereocenters. The van der Waals surface area contributed by atoms with Gasteiger partial charge in [-0.15, -0.1) is 0 Å². The fourth-order valence-electron chi connectivity index (χ4n) is 0. The van der Waals surface area contributed by atoms with E-state index in [-0.39, 0.29) is 80.9 Å². The molecule has 1 unspecified atom stereocenters. The Morgan fingerprint density at radius 3 is 1.36 bits per heavy atom. The van der Waals surface area contributed by atoms with E-state index < -0.39 is 19.2 Å². The summed E-state index contributed by atoms with van der Waals surface area (Å²) in [6, 6.07) is 0. The molecule has 0 aliphatic heterocycles. The summed E-state index contributed by atoms with van der Waals surface area (Å²) in [7, 11) is -4.89. The summed E-state index contributed by atoms with van der Waals surface area (Å²) in [4.78, 5) is 22.9. The van der Waals surface area contributed by atoms with Crippen LogP contribution in [0.3, 0.4) is 0 Å². The molecule has 0 bridgehead atoms. The molecule has 7 nitrogen and oxygen atoms in total. The van der Waals surface area contributed by atoms with Gasteiger partial charge in [0.15, 0.2) is 0 Å². The molecule has 58 valence electrons. The first kappa shape index (κ1) is 23.6. The molecular formula is H3KNaO7PS. The third-order valence-corrected chi connectivity index (χ3v) is 0. The van der Waals surface area contributed by atoms with Crippen LogP contribution in [0.1, 0.15) is 0 Å². The number of phosphoric acid groups is 1. The van der Waals surface area contributed by atoms with Crippen LogP contribution in [-0.2, 0) is 15.9 Å². The maximum absolute atomic E-state index is 8.77. The predicted octanol–water partition coefficient (Wildman–Crippen LogP) is -8.21. The molecule has 0 fully saturated rings. The second kappa shape index (κ2) is 12.8. The van der Waals surface area contributed by atoms with Gasteiger partial charge in [-0.3, -0.25) is 4.57 Å². The number of hydrogen-bond donors (Lipinski definition) is 3. The summed E-state index contributed by atoms with van der Waals surface area (Å²) in [5.41, 5.74) is 0. The van der Waals surface area contributed by atoms with Crippen molar-refractivity contribution in [2.75, 3.05) is 0 Å². The fourth-order valence-corrected chi connectivity index (χ4v) is 0. The summed E-state index contributed by atoms with van der Waals surface area (Å²) >= 11 is -2.86. The molecule has 11 heavy (non-hydrogen) atoms. The Balaban J connectivity index is -0.0000000383. The standard InChI is InChI=1S/K.Na.H3O4P.H2O3S/c;;1-5(2,3)4;1-4(2)3/h;;(H3,1,2,3,4);(H2,1,2,3)/q2*+1;;/p-2. The van der Waals surface area contributed by atoms with Gasteiger partial charge in [0.25, 0.3) is 7.82 Å². The molecule has 0 radical (unpaired) electrons. The molecule has 0 saturated carbocycles. The molecule has 0 aromatic rings. The van der Waals surface area contributed by atoms with Crippen molar-refractivity contribution in [3.8, 4) is 0 Å². The minimum Gasteiger partial charge on any atom is -0.756 e. The Bertz CT molecular complexity index is 118. The summed E-state index contributed by atoms with van der Waals surface area (Å²) in [5.74, 6) is 0. The molecule has 0 spiro atoms. The van der Waals surface area contributed by atoms with Crippen LogP contribution in [0.2, 0.25) is 0 Å². The van der Waals surface area contributed by atoms with Crippen LogP contribution in [0.25, 0.3) is 0 Å². The second-order valence-corrected chi connectivity index (χ2v) is 2.12. The maximum atomic E-state index is 8.77. The Hall–Kier alpha value is 2.82. The van der Waals surface area contributed by atoms with Gasteiger partial charge >= 0.3 is 80.9 Å². The first-order chi connectivity index (χ1) is 3.73. The van der Waals surface area contributed by atoms with Gasteiger partial charge in [-0.1, -0.05) is 0 Å². The zero-order chi connectivity index (χ0) is 8.08. The third kappa shape index (κ3) is 189. The van der Waals surface area contributed by atoms with Crippen molar-refractivity contribution >= 4 is 19.2 Å². The number of rotatable bonds is 0. The van der Waals surface area contributed by atoms with E-state index >= 15 is 0 Å². The van der Waals surface area contributed by atoms with Crippen LogP contribution in [0.5, 0.6) is 0 Å². The van der Waals surface area contributed by atoms with Gasteiger partial charge in [0.1, 0.15) is 0 Å². The minimum atomic E-state index is -4.89. The maximum Gasteiger partial charge on any atom is 1.00 e. The van der Waals surface area contributed by atoms with Crippen molar-refractivity contribution in [2.24, 2.45) is 0 Å². The van der Waals surface area contributed by atoms with Gasteiger partial charge in [-0.2, -0.15) is 0 Å². The summed E-state index contributed by atoms with van der Waals surface area (Å²) in [5, 5.41) is 0. The van der Waals surface area contributed by atoms with E-state index in [0.29, 0.717) is 0 Å². The first-order valence-electron chi connectivity index (χ1n) is 1.28. The van der Waals surface area contributed by atoms with Crippen LogP contribution >= 0.6 is 7.82 Å². The van der Waals surface area contributed by atoms with Crippen molar-refractivity contribution < 1.29 is 114 Å². The van der Waals surface area contributed by atoms with Crippen LogP contribution in [0.15, 0.2) is 0 Å². The van der Waals surface area contributed by atoms with E-state index in [4.69, 9.17) is 32.6 Å². The molecule has 0 amide bonds. The smallest absolute Gasteiger partial charge is 0.756 e. The molecule has 0 rings (SSSR count). The third-order valence-electron chi connectivity index (χ3n) is 0. The Morgan fingerprint density at radius 1 is 1.36 bits per heavy atom. The molecule has 0 aliphatic rings. The van der Waals surface area contributed by atoms with Gasteiger partial charge in [-0.25, -0.2) is 4.21 Å². The van der Waals surface area contributed by atoms with Crippen LogP contribution in [0.4, 0.5) is 0 Å². The molecule has 0 heterocycles. The SMILES string of the molecule is O=P([O-])(O)O.O=S([O-])O.[K+].[Na+]. The van der Waals surface area contributed by atoms with E-state index in [1.54, 1.807) is 0 Å². The first-order valence-corrected chi connectivity index (χ1v) is 3.84. The summed E-state index contributed by atoms with van der Waals surface area (Å²) < 4.78 is 32.9. The largest absolute Gasteiger partial charge is 1.00 e. The molecular weight excluding hydrogens is 237 g/mol. The van der Waals surface area contributed by atoms with Gasteiger partial charge in [0, 0.05) is 0 Å².